The van der Waals surface area contributed by atoms with Gasteiger partial charge in [-0.3, -0.25) is 9.59 Å². The Morgan fingerprint density at radius 3 is 1.97 bits per heavy atom. The molecule has 2 aromatic carbocycles. The molecule has 2 rings (SSSR count). The van der Waals surface area contributed by atoms with Crippen LogP contribution in [0, 0.1) is 5.41 Å². The van der Waals surface area contributed by atoms with Crippen molar-refractivity contribution in [3.05, 3.63) is 71.8 Å². The predicted octanol–water partition coefficient (Wildman–Crippen LogP) is 4.06. The molecule has 0 aromatic heterocycles. The molecule has 9 heteroatoms. The van der Waals surface area contributed by atoms with Crippen LogP contribution in [0.3, 0.4) is 0 Å². The largest absolute Gasteiger partial charge is 0.480 e. The number of nitrogens with two attached hydrogens (primary N) is 1. The molecule has 0 bridgehead atoms. The molecular formula is C28H39N3O4S2. The number of benzene rings is 2. The summed E-state index contributed by atoms with van der Waals surface area (Å²) in [4.78, 5) is 38.1. The van der Waals surface area contributed by atoms with E-state index in [-0.39, 0.29) is 12.3 Å². The minimum absolute atomic E-state index is 0.233. The van der Waals surface area contributed by atoms with Gasteiger partial charge in [-0.1, -0.05) is 74.5 Å². The van der Waals surface area contributed by atoms with Gasteiger partial charge in [0.15, 0.2) is 0 Å². The number of hydrogen-bond donors (Lipinski definition) is 4. The van der Waals surface area contributed by atoms with E-state index in [2.05, 4.69) is 22.8 Å². The van der Waals surface area contributed by atoms with E-state index >= 15 is 0 Å². The van der Waals surface area contributed by atoms with Crippen molar-refractivity contribution in [2.45, 2.75) is 56.7 Å². The highest BCUT2D eigenvalue weighted by Crippen LogP contribution is 2.25. The highest BCUT2D eigenvalue weighted by molar-refractivity contribution is 7.98. The summed E-state index contributed by atoms with van der Waals surface area (Å²) < 4.78 is 0. The molecule has 0 saturated carbocycles. The SMILES string of the molecule is CC(C)(CSCc1ccccc1)C(=O)N[C@@H](CSCc1ccccc1)C(=O)N[C@@H](CCCCN)C(=O)O. The van der Waals surface area contributed by atoms with E-state index in [0.717, 1.165) is 11.3 Å². The van der Waals surface area contributed by atoms with E-state index in [4.69, 9.17) is 5.73 Å². The highest BCUT2D eigenvalue weighted by Gasteiger charge is 2.32. The van der Waals surface area contributed by atoms with Gasteiger partial charge in [-0.05, 0) is 36.9 Å². The maximum absolute atomic E-state index is 13.2. The maximum Gasteiger partial charge on any atom is 0.326 e. The Kier molecular flexibility index (Phi) is 13.6. The quantitative estimate of drug-likeness (QED) is 0.221. The Morgan fingerprint density at radius 1 is 0.865 bits per heavy atom. The Bertz CT molecular complexity index is 974. The summed E-state index contributed by atoms with van der Waals surface area (Å²) in [6, 6.07) is 18.0. The summed E-state index contributed by atoms with van der Waals surface area (Å²) in [6.45, 7) is 4.19. The van der Waals surface area contributed by atoms with Crippen molar-refractivity contribution in [2.24, 2.45) is 11.1 Å². The first kappa shape index (κ1) is 30.7. The molecule has 0 aliphatic rings. The molecule has 0 fully saturated rings. The second-order valence-corrected chi connectivity index (χ2v) is 11.6. The molecule has 0 saturated heterocycles. The molecule has 202 valence electrons. The molecule has 2 atom stereocenters. The lowest BCUT2D eigenvalue weighted by Crippen LogP contribution is -2.55. The lowest BCUT2D eigenvalue weighted by atomic mass is 9.95. The number of nitrogens with one attached hydrogen (secondary N) is 2. The van der Waals surface area contributed by atoms with Crippen LogP contribution in [0.2, 0.25) is 0 Å². The van der Waals surface area contributed by atoms with Crippen LogP contribution in [-0.2, 0) is 25.9 Å². The van der Waals surface area contributed by atoms with Crippen LogP contribution in [0.1, 0.15) is 44.2 Å². The number of carboxylic acid groups (broad SMARTS) is 1. The van der Waals surface area contributed by atoms with Crippen LogP contribution in [0.4, 0.5) is 0 Å². The van der Waals surface area contributed by atoms with Gasteiger partial charge in [0.25, 0.3) is 0 Å². The van der Waals surface area contributed by atoms with Crippen LogP contribution in [-0.4, -0.2) is 53.0 Å². The minimum atomic E-state index is -1.09. The molecule has 0 radical (unpaired) electrons. The number of carboxylic acids is 1. The summed E-state index contributed by atoms with van der Waals surface area (Å²) in [5, 5.41) is 15.1. The number of rotatable bonds is 17. The number of carbonyl (C=O) groups excluding carboxylic acids is 2. The van der Waals surface area contributed by atoms with Crippen molar-refractivity contribution in [1.29, 1.82) is 0 Å². The maximum atomic E-state index is 13.2. The first-order chi connectivity index (χ1) is 17.7. The van der Waals surface area contributed by atoms with E-state index in [1.807, 2.05) is 62.4 Å². The monoisotopic (exact) mass is 545 g/mol. The summed E-state index contributed by atoms with van der Waals surface area (Å²) >= 11 is 3.19. The van der Waals surface area contributed by atoms with Crippen molar-refractivity contribution in [2.75, 3.05) is 18.1 Å². The third kappa shape index (κ3) is 11.6. The fraction of sp³-hybridized carbons (Fsp3) is 0.464. The fourth-order valence-corrected chi connectivity index (χ4v) is 5.68. The summed E-state index contributed by atoms with van der Waals surface area (Å²) in [7, 11) is 0. The first-order valence-electron chi connectivity index (χ1n) is 12.5. The lowest BCUT2D eigenvalue weighted by Gasteiger charge is -2.27. The normalized spacial score (nSPS) is 12.9. The van der Waals surface area contributed by atoms with Gasteiger partial charge in [0.2, 0.25) is 11.8 Å². The van der Waals surface area contributed by atoms with Crippen LogP contribution in [0.5, 0.6) is 0 Å². The molecule has 0 aliphatic heterocycles. The van der Waals surface area contributed by atoms with Gasteiger partial charge < -0.3 is 21.5 Å². The zero-order valence-corrected chi connectivity index (χ0v) is 23.3. The number of hydrogen-bond acceptors (Lipinski definition) is 6. The topological polar surface area (TPSA) is 122 Å². The Balaban J connectivity index is 2.02. The van der Waals surface area contributed by atoms with E-state index < -0.39 is 29.4 Å². The number of carbonyl (C=O) groups is 3. The number of amides is 2. The molecule has 37 heavy (non-hydrogen) atoms. The third-order valence-corrected chi connectivity index (χ3v) is 8.34. The first-order valence-corrected chi connectivity index (χ1v) is 14.8. The Labute approximate surface area is 228 Å². The molecule has 0 unspecified atom stereocenters. The van der Waals surface area contributed by atoms with Gasteiger partial charge in [-0.25, -0.2) is 4.79 Å². The van der Waals surface area contributed by atoms with E-state index in [1.54, 1.807) is 11.8 Å². The van der Waals surface area contributed by atoms with Crippen molar-refractivity contribution in [3.63, 3.8) is 0 Å². The van der Waals surface area contributed by atoms with Crippen LogP contribution in [0.15, 0.2) is 60.7 Å². The van der Waals surface area contributed by atoms with Crippen LogP contribution >= 0.6 is 23.5 Å². The molecular weight excluding hydrogens is 506 g/mol. The standard InChI is InChI=1S/C28H39N3O4S2/c1-28(2,20-37-18-22-13-7-4-8-14-22)27(35)31-24(19-36-17-21-11-5-3-6-12-21)25(32)30-23(26(33)34)15-9-10-16-29/h3-8,11-14,23-24H,9-10,15-20,29H2,1-2H3,(H,30,32)(H,31,35)(H,33,34)/t23-,24-/m0/s1. The second-order valence-electron chi connectivity index (χ2n) is 9.57. The fourth-order valence-electron chi connectivity index (χ4n) is 3.49. The summed E-state index contributed by atoms with van der Waals surface area (Å²) in [5.74, 6) is 0.563. The van der Waals surface area contributed by atoms with E-state index in [1.165, 1.54) is 17.3 Å². The average Bonchev–Trinajstić information content (AvgIpc) is 2.88. The van der Waals surface area contributed by atoms with Gasteiger partial charge in [-0.2, -0.15) is 23.5 Å². The second kappa shape index (κ2) is 16.4. The molecule has 0 aliphatic carbocycles. The van der Waals surface area contributed by atoms with Gasteiger partial charge >= 0.3 is 5.97 Å². The third-order valence-electron chi connectivity index (χ3n) is 5.77. The lowest BCUT2D eigenvalue weighted by molar-refractivity contribution is -0.142. The van der Waals surface area contributed by atoms with Crippen molar-refractivity contribution in [3.8, 4) is 0 Å². The van der Waals surface area contributed by atoms with E-state index in [9.17, 15) is 19.5 Å². The van der Waals surface area contributed by atoms with Crippen molar-refractivity contribution < 1.29 is 19.5 Å². The predicted molar refractivity (Wildman–Crippen MR) is 153 cm³/mol. The van der Waals surface area contributed by atoms with Gasteiger partial charge in [0.05, 0.1) is 5.41 Å². The molecule has 0 spiro atoms. The molecule has 5 N–H and O–H groups in total. The molecule has 7 nitrogen and oxygen atoms in total. The van der Waals surface area contributed by atoms with E-state index in [0.29, 0.717) is 36.6 Å². The average molecular weight is 546 g/mol. The zero-order chi connectivity index (χ0) is 27.1. The smallest absolute Gasteiger partial charge is 0.326 e. The number of unbranched alkanes of at least 4 members (excludes halogenated alkanes) is 1. The summed E-state index contributed by atoms with van der Waals surface area (Å²) in [5.41, 5.74) is 7.11. The molecule has 2 amide bonds. The number of aliphatic carboxylic acids is 1. The van der Waals surface area contributed by atoms with Gasteiger partial charge in [-0.15, -0.1) is 0 Å². The molecule has 0 heterocycles. The van der Waals surface area contributed by atoms with Gasteiger partial charge in [0, 0.05) is 23.0 Å². The minimum Gasteiger partial charge on any atom is -0.480 e. The summed E-state index contributed by atoms with van der Waals surface area (Å²) in [6.07, 6.45) is 1.57. The van der Waals surface area contributed by atoms with Crippen molar-refractivity contribution in [1.82, 2.24) is 10.6 Å². The Hall–Kier alpha value is -2.49. The van der Waals surface area contributed by atoms with Gasteiger partial charge in [0.1, 0.15) is 12.1 Å². The number of thioether (sulfide) groups is 2. The Morgan fingerprint density at radius 2 is 1.43 bits per heavy atom. The van der Waals surface area contributed by atoms with Crippen LogP contribution in [0.25, 0.3) is 0 Å². The van der Waals surface area contributed by atoms with Crippen LogP contribution < -0.4 is 16.4 Å². The molecule has 2 aromatic rings. The zero-order valence-electron chi connectivity index (χ0n) is 21.7. The van der Waals surface area contributed by atoms with Crippen molar-refractivity contribution >= 4 is 41.3 Å². The highest BCUT2D eigenvalue weighted by atomic mass is 32.2.